The molecule has 0 fully saturated rings. The Morgan fingerprint density at radius 1 is 1.12 bits per heavy atom. The van der Waals surface area contributed by atoms with Crippen LogP contribution in [0, 0.1) is 5.92 Å². The molecule has 9 nitrogen and oxygen atoms in total. The van der Waals surface area contributed by atoms with E-state index < -0.39 is 17.7 Å². The first-order chi connectivity index (χ1) is 16.4. The van der Waals surface area contributed by atoms with E-state index in [1.54, 1.807) is 42.9 Å². The molecule has 0 radical (unpaired) electrons. The highest BCUT2D eigenvalue weighted by Gasteiger charge is 2.36. The minimum absolute atomic E-state index is 0.233. The zero-order chi connectivity index (χ0) is 24.7. The Bertz CT molecular complexity index is 1060. The van der Waals surface area contributed by atoms with Gasteiger partial charge in [-0.3, -0.25) is 19.6 Å². The van der Waals surface area contributed by atoms with Gasteiger partial charge in [0.15, 0.2) is 5.78 Å². The van der Waals surface area contributed by atoms with Crippen LogP contribution in [-0.4, -0.2) is 50.1 Å². The van der Waals surface area contributed by atoms with E-state index in [1.807, 2.05) is 11.0 Å². The molecule has 34 heavy (non-hydrogen) atoms. The van der Waals surface area contributed by atoms with Gasteiger partial charge < -0.3 is 19.7 Å². The van der Waals surface area contributed by atoms with Gasteiger partial charge in [0, 0.05) is 41.3 Å². The largest absolute Gasteiger partial charge is 0.497 e. The normalized spacial score (nSPS) is 14.9. The number of rotatable bonds is 10. The topological polar surface area (TPSA) is 117 Å². The Hall–Kier alpha value is -3.11. The summed E-state index contributed by atoms with van der Waals surface area (Å²) < 4.78 is 11.4. The van der Waals surface area contributed by atoms with Crippen LogP contribution in [0.2, 0.25) is 0 Å². The van der Waals surface area contributed by atoms with Gasteiger partial charge in [0.05, 0.1) is 19.9 Å². The number of Topliss-reactive ketones (excluding diaryl/α,β-unsaturated/α-hetero) is 1. The van der Waals surface area contributed by atoms with Crippen molar-refractivity contribution in [3.8, 4) is 11.5 Å². The molecule has 1 aliphatic rings. The van der Waals surface area contributed by atoms with Gasteiger partial charge in [0.25, 0.3) is 0 Å². The fourth-order valence-corrected chi connectivity index (χ4v) is 4.27. The monoisotopic (exact) mass is 533 g/mol. The summed E-state index contributed by atoms with van der Waals surface area (Å²) in [5.41, 5.74) is 3.36. The van der Waals surface area contributed by atoms with Crippen molar-refractivity contribution in [3.05, 3.63) is 46.4 Å². The lowest BCUT2D eigenvalue weighted by Crippen LogP contribution is -2.45. The molecule has 2 aromatic rings. The van der Waals surface area contributed by atoms with E-state index in [4.69, 9.17) is 14.7 Å². The summed E-state index contributed by atoms with van der Waals surface area (Å²) in [5, 5.41) is 11.4. The number of unbranched alkanes of at least 4 members (excludes halogenated alkanes) is 2. The van der Waals surface area contributed by atoms with Crippen molar-refractivity contribution in [2.75, 3.05) is 37.5 Å². The maximum Gasteiger partial charge on any atom is 0.243 e. The summed E-state index contributed by atoms with van der Waals surface area (Å²) in [5.74, 6) is -0.922. The highest BCUT2D eigenvalue weighted by Crippen LogP contribution is 2.34. The predicted molar refractivity (Wildman–Crippen MR) is 131 cm³/mol. The number of fused-ring (bicyclic) bond motifs is 1. The first kappa shape index (κ1) is 25.5. The summed E-state index contributed by atoms with van der Waals surface area (Å²) in [4.78, 5) is 39.6. The molecule has 10 heteroatoms. The van der Waals surface area contributed by atoms with E-state index >= 15 is 0 Å². The number of halogens is 1. The first-order valence-electron chi connectivity index (χ1n) is 10.9. The second kappa shape index (κ2) is 11.8. The van der Waals surface area contributed by atoms with E-state index in [-0.39, 0.29) is 18.7 Å². The molecular weight excluding hydrogens is 506 g/mol. The van der Waals surface area contributed by atoms with Crippen molar-refractivity contribution < 1.29 is 29.1 Å². The van der Waals surface area contributed by atoms with Crippen LogP contribution >= 0.6 is 15.9 Å². The van der Waals surface area contributed by atoms with E-state index in [0.29, 0.717) is 35.7 Å². The van der Waals surface area contributed by atoms with Crippen LogP contribution in [0.5, 0.6) is 11.5 Å². The fourth-order valence-electron chi connectivity index (χ4n) is 3.92. The highest BCUT2D eigenvalue weighted by molar-refractivity contribution is 9.10. The number of anilines is 2. The van der Waals surface area contributed by atoms with Gasteiger partial charge in [0.2, 0.25) is 11.8 Å². The molecule has 0 aromatic heterocycles. The molecule has 3 rings (SSSR count). The lowest BCUT2D eigenvalue weighted by molar-refractivity contribution is -0.129. The molecule has 0 saturated carbocycles. The maximum absolute atomic E-state index is 13.2. The number of amides is 2. The molecule has 1 atom stereocenters. The van der Waals surface area contributed by atoms with Crippen molar-refractivity contribution in [3.63, 3.8) is 0 Å². The number of nitrogens with zero attached hydrogens (tertiary/aromatic N) is 1. The van der Waals surface area contributed by atoms with Crippen LogP contribution in [0.3, 0.4) is 0 Å². The Kier molecular flexibility index (Phi) is 8.89. The highest BCUT2D eigenvalue weighted by atomic mass is 79.9. The average molecular weight is 534 g/mol. The van der Waals surface area contributed by atoms with Gasteiger partial charge in [-0.15, -0.1) is 0 Å². The molecule has 0 bridgehead atoms. The second-order valence-electron chi connectivity index (χ2n) is 7.93. The van der Waals surface area contributed by atoms with Crippen LogP contribution < -0.4 is 25.2 Å². The van der Waals surface area contributed by atoms with Crippen molar-refractivity contribution in [1.82, 2.24) is 5.48 Å². The third kappa shape index (κ3) is 6.06. The van der Waals surface area contributed by atoms with Crippen molar-refractivity contribution in [2.45, 2.75) is 25.7 Å². The molecule has 182 valence electrons. The Labute approximate surface area is 206 Å². The number of ether oxygens (including phenoxy) is 2. The third-order valence-electron chi connectivity index (χ3n) is 5.72. The van der Waals surface area contributed by atoms with Gasteiger partial charge in [0.1, 0.15) is 17.4 Å². The minimum Gasteiger partial charge on any atom is -0.497 e. The minimum atomic E-state index is -0.888. The molecule has 0 aliphatic carbocycles. The van der Waals surface area contributed by atoms with E-state index in [0.717, 1.165) is 23.0 Å². The lowest BCUT2D eigenvalue weighted by Gasteiger charge is -2.35. The van der Waals surface area contributed by atoms with Crippen LogP contribution in [0.4, 0.5) is 11.4 Å². The number of ketones is 1. The molecule has 2 amide bonds. The van der Waals surface area contributed by atoms with Gasteiger partial charge in [-0.1, -0.05) is 22.4 Å². The number of benzene rings is 2. The van der Waals surface area contributed by atoms with Crippen LogP contribution in [0.25, 0.3) is 0 Å². The lowest BCUT2D eigenvalue weighted by atomic mass is 9.90. The predicted octanol–water partition coefficient (Wildman–Crippen LogP) is 3.79. The third-order valence-corrected chi connectivity index (χ3v) is 6.22. The Morgan fingerprint density at radius 2 is 1.91 bits per heavy atom. The molecule has 1 aliphatic heterocycles. The number of hydroxylamine groups is 1. The van der Waals surface area contributed by atoms with Gasteiger partial charge in [-0.2, -0.15) is 0 Å². The van der Waals surface area contributed by atoms with Crippen LogP contribution in [0.15, 0.2) is 40.9 Å². The summed E-state index contributed by atoms with van der Waals surface area (Å²) in [6.07, 6.45) is 2.40. The van der Waals surface area contributed by atoms with Gasteiger partial charge in [-0.25, -0.2) is 5.48 Å². The second-order valence-corrected chi connectivity index (χ2v) is 8.84. The zero-order valence-corrected chi connectivity index (χ0v) is 20.7. The average Bonchev–Trinajstić information content (AvgIpc) is 2.84. The number of hydrogen-bond acceptors (Lipinski definition) is 7. The zero-order valence-electron chi connectivity index (χ0n) is 19.1. The molecule has 2 aromatic carbocycles. The van der Waals surface area contributed by atoms with Crippen molar-refractivity contribution in [1.29, 1.82) is 0 Å². The molecule has 0 spiro atoms. The molecule has 1 heterocycles. The quantitative estimate of drug-likeness (QED) is 0.184. The molecule has 3 N–H and O–H groups in total. The van der Waals surface area contributed by atoms with Crippen molar-refractivity contribution in [2.24, 2.45) is 5.92 Å². The molecule has 1 unspecified atom stereocenters. The fraction of sp³-hybridized carbons (Fsp3) is 0.375. The van der Waals surface area contributed by atoms with Crippen molar-refractivity contribution >= 4 is 44.9 Å². The molecular formula is C24H28BrN3O6. The number of nitrogens with one attached hydrogen (secondary N) is 2. The van der Waals surface area contributed by atoms with Crippen LogP contribution in [-0.2, 0) is 9.59 Å². The Morgan fingerprint density at radius 3 is 2.62 bits per heavy atom. The van der Waals surface area contributed by atoms with Crippen LogP contribution in [0.1, 0.15) is 36.0 Å². The van der Waals surface area contributed by atoms with E-state index in [2.05, 4.69) is 21.2 Å². The smallest absolute Gasteiger partial charge is 0.243 e. The number of carbonyl (C=O) groups excluding carboxylic acids is 3. The van der Waals surface area contributed by atoms with Gasteiger partial charge >= 0.3 is 0 Å². The maximum atomic E-state index is 13.2. The summed E-state index contributed by atoms with van der Waals surface area (Å²) >= 11 is 3.46. The SMILES string of the molecule is COc1ccc(NC(=O)C2CN(CCCCCC(=O)NO)c3cc(Br)ccc3C2=O)c(OC)c1. The number of carbonyl (C=O) groups is 3. The number of hydrogen-bond donors (Lipinski definition) is 3. The standard InChI is InChI=1S/C24H28BrN3O6/c1-33-16-8-10-19(21(13-16)34-2)26-24(31)18-14-28(11-5-3-4-6-22(29)27-32)20-12-15(25)7-9-17(20)23(18)30/h7-10,12-13,18,32H,3-6,11,14H2,1-2H3,(H,26,31)(H,27,29). The van der Waals surface area contributed by atoms with Gasteiger partial charge in [-0.05, 0) is 43.2 Å². The molecule has 0 saturated heterocycles. The summed E-state index contributed by atoms with van der Waals surface area (Å²) in [6, 6.07) is 10.4. The Balaban J connectivity index is 1.75. The summed E-state index contributed by atoms with van der Waals surface area (Å²) in [6.45, 7) is 0.858. The number of methoxy groups -OCH3 is 2. The van der Waals surface area contributed by atoms with E-state index in [9.17, 15) is 14.4 Å². The summed E-state index contributed by atoms with van der Waals surface area (Å²) in [7, 11) is 3.04. The first-order valence-corrected chi connectivity index (χ1v) is 11.7. The van der Waals surface area contributed by atoms with E-state index in [1.165, 1.54) is 7.11 Å².